The number of amides is 4. The Morgan fingerprint density at radius 2 is 1.75 bits per heavy atom. The number of nitrogens with one attached hydrogen (secondary N) is 3. The van der Waals surface area contributed by atoms with Crippen LogP contribution in [0.4, 0.5) is 0 Å². The van der Waals surface area contributed by atoms with E-state index in [1.165, 1.54) is 4.90 Å². The minimum atomic E-state index is -1.34. The highest BCUT2D eigenvalue weighted by Gasteiger charge is 2.38. The number of H-pyrrole nitrogens is 1. The molecule has 4 atom stereocenters. The zero-order valence-electron chi connectivity index (χ0n) is 21.8. The van der Waals surface area contributed by atoms with E-state index in [0.717, 1.165) is 10.9 Å². The van der Waals surface area contributed by atoms with Crippen LogP contribution in [0.25, 0.3) is 10.9 Å². The number of carboxylic acid groups (broad SMARTS) is 2. The molecule has 2 aromatic rings. The van der Waals surface area contributed by atoms with Gasteiger partial charge >= 0.3 is 11.9 Å². The van der Waals surface area contributed by atoms with Crippen molar-refractivity contribution in [3.05, 3.63) is 36.0 Å². The number of aromatic nitrogens is 1. The average molecular weight is 559 g/mol. The number of benzene rings is 1. The first-order chi connectivity index (χ1) is 19.0. The molecule has 4 amide bonds. The minimum absolute atomic E-state index is 0.0410. The summed E-state index contributed by atoms with van der Waals surface area (Å²) in [6.45, 7) is 0.224. The Morgan fingerprint density at radius 1 is 1.02 bits per heavy atom. The first-order valence-corrected chi connectivity index (χ1v) is 12.9. The number of carbonyl (C=O) groups excluding carboxylic acids is 4. The molecule has 216 valence electrons. The molecule has 3 rings (SSSR count). The molecule has 1 aliphatic heterocycles. The molecule has 0 radical (unpaired) electrons. The summed E-state index contributed by atoms with van der Waals surface area (Å²) in [5.41, 5.74) is 12.6. The Bertz CT molecular complexity index is 1280. The van der Waals surface area contributed by atoms with Gasteiger partial charge in [0.25, 0.3) is 0 Å². The van der Waals surface area contributed by atoms with Gasteiger partial charge in [-0.3, -0.25) is 24.0 Å². The monoisotopic (exact) mass is 558 g/mol. The van der Waals surface area contributed by atoms with Crippen LogP contribution < -0.4 is 22.1 Å². The second-order valence-electron chi connectivity index (χ2n) is 9.76. The quantitative estimate of drug-likeness (QED) is 0.154. The van der Waals surface area contributed by atoms with Gasteiger partial charge in [0.15, 0.2) is 0 Å². The van der Waals surface area contributed by atoms with E-state index in [0.29, 0.717) is 12.0 Å². The average Bonchev–Trinajstić information content (AvgIpc) is 3.56. The summed E-state index contributed by atoms with van der Waals surface area (Å²) in [5.74, 6) is -5.20. The van der Waals surface area contributed by atoms with E-state index < -0.39 is 59.7 Å². The van der Waals surface area contributed by atoms with E-state index in [1.54, 1.807) is 12.3 Å². The number of primary amides is 1. The Labute approximate surface area is 229 Å². The molecule has 0 aliphatic carbocycles. The maximum atomic E-state index is 13.2. The minimum Gasteiger partial charge on any atom is -0.481 e. The van der Waals surface area contributed by atoms with E-state index in [-0.39, 0.29) is 45.1 Å². The van der Waals surface area contributed by atoms with E-state index in [1.807, 2.05) is 18.2 Å². The number of hydrogen-bond acceptors (Lipinski definition) is 7. The van der Waals surface area contributed by atoms with Crippen LogP contribution in [-0.4, -0.2) is 86.4 Å². The Balaban J connectivity index is 1.71. The van der Waals surface area contributed by atoms with Crippen molar-refractivity contribution in [3.8, 4) is 0 Å². The molecule has 1 aliphatic rings. The standard InChI is InChI=1S/C26H34N6O8/c27-16(7-10-22(34)35)25(38)32-11-3-6-20(32)24(37)30-18(8-9-21(28)33)23(36)31-19(26(39)40)12-14-13-29-17-5-2-1-4-15(14)17/h1-2,4-5,13,16,18-20,29H,3,6-12,27H2,(H2,28,33)(H,30,37)(H,31,36)(H,34,35)(H,39,40). The number of aliphatic carboxylic acids is 2. The number of carbonyl (C=O) groups is 6. The first-order valence-electron chi connectivity index (χ1n) is 12.9. The third-order valence-electron chi connectivity index (χ3n) is 6.85. The lowest BCUT2D eigenvalue weighted by Crippen LogP contribution is -2.57. The first kappa shape index (κ1) is 30.1. The number of para-hydroxylation sites is 1. The van der Waals surface area contributed by atoms with E-state index in [9.17, 15) is 33.9 Å². The van der Waals surface area contributed by atoms with Gasteiger partial charge in [0.1, 0.15) is 18.1 Å². The summed E-state index contributed by atoms with van der Waals surface area (Å²) in [4.78, 5) is 77.7. The van der Waals surface area contributed by atoms with Gasteiger partial charge in [-0.1, -0.05) is 18.2 Å². The van der Waals surface area contributed by atoms with Gasteiger partial charge in [0.2, 0.25) is 23.6 Å². The van der Waals surface area contributed by atoms with Crippen LogP contribution in [0.3, 0.4) is 0 Å². The fourth-order valence-corrected chi connectivity index (χ4v) is 4.73. The fraction of sp³-hybridized carbons (Fsp3) is 0.462. The molecule has 1 fully saturated rings. The number of fused-ring (bicyclic) bond motifs is 1. The molecule has 2 heterocycles. The smallest absolute Gasteiger partial charge is 0.326 e. The van der Waals surface area contributed by atoms with Crippen molar-refractivity contribution in [2.45, 2.75) is 69.1 Å². The molecular formula is C26H34N6O8. The molecule has 1 aromatic heterocycles. The summed E-state index contributed by atoms with van der Waals surface area (Å²) < 4.78 is 0. The Morgan fingerprint density at radius 3 is 2.42 bits per heavy atom. The summed E-state index contributed by atoms with van der Waals surface area (Å²) >= 11 is 0. The SMILES string of the molecule is NC(=O)CCC(NC(=O)C1CCCN1C(=O)C(N)CCC(=O)O)C(=O)NC(Cc1c[nH]c2ccccc12)C(=O)O. The molecule has 1 saturated heterocycles. The maximum Gasteiger partial charge on any atom is 0.326 e. The van der Waals surface area contributed by atoms with Crippen molar-refractivity contribution >= 4 is 46.5 Å². The zero-order chi connectivity index (χ0) is 29.4. The largest absolute Gasteiger partial charge is 0.481 e. The molecule has 40 heavy (non-hydrogen) atoms. The number of hydrogen-bond donors (Lipinski definition) is 7. The van der Waals surface area contributed by atoms with Gasteiger partial charge < -0.3 is 42.2 Å². The van der Waals surface area contributed by atoms with Crippen LogP contribution in [0, 0.1) is 0 Å². The van der Waals surface area contributed by atoms with E-state index >= 15 is 0 Å². The zero-order valence-corrected chi connectivity index (χ0v) is 21.8. The lowest BCUT2D eigenvalue weighted by atomic mass is 10.0. The van der Waals surface area contributed by atoms with Gasteiger partial charge in [-0.25, -0.2) is 4.79 Å². The fourth-order valence-electron chi connectivity index (χ4n) is 4.73. The van der Waals surface area contributed by atoms with Crippen LogP contribution in [0.1, 0.15) is 44.1 Å². The van der Waals surface area contributed by atoms with Crippen molar-refractivity contribution in [1.82, 2.24) is 20.5 Å². The highest BCUT2D eigenvalue weighted by Crippen LogP contribution is 2.21. The van der Waals surface area contributed by atoms with Gasteiger partial charge in [-0.05, 0) is 37.3 Å². The number of aromatic amines is 1. The molecule has 14 heteroatoms. The summed E-state index contributed by atoms with van der Waals surface area (Å²) in [5, 5.41) is 24.4. The molecule has 0 spiro atoms. The lowest BCUT2D eigenvalue weighted by molar-refractivity contribution is -0.143. The highest BCUT2D eigenvalue weighted by molar-refractivity contribution is 5.95. The van der Waals surface area contributed by atoms with Gasteiger partial charge in [0.05, 0.1) is 6.04 Å². The lowest BCUT2D eigenvalue weighted by Gasteiger charge is -2.28. The summed E-state index contributed by atoms with van der Waals surface area (Å²) in [6, 6.07) is 2.57. The molecule has 1 aromatic carbocycles. The molecule has 4 unspecified atom stereocenters. The van der Waals surface area contributed by atoms with Crippen molar-refractivity contribution in [2.75, 3.05) is 6.54 Å². The Hall–Kier alpha value is -4.46. The normalized spacial score (nSPS) is 17.1. The third-order valence-corrected chi connectivity index (χ3v) is 6.85. The molecule has 0 bridgehead atoms. The summed E-state index contributed by atoms with van der Waals surface area (Å²) in [6.07, 6.45) is 1.53. The van der Waals surface area contributed by atoms with E-state index in [4.69, 9.17) is 16.6 Å². The molecule has 14 nitrogen and oxygen atoms in total. The number of likely N-dealkylation sites (tertiary alicyclic amines) is 1. The number of nitrogens with two attached hydrogens (primary N) is 2. The highest BCUT2D eigenvalue weighted by atomic mass is 16.4. The van der Waals surface area contributed by atoms with Crippen molar-refractivity contribution < 1.29 is 39.0 Å². The van der Waals surface area contributed by atoms with Gasteiger partial charge in [-0.15, -0.1) is 0 Å². The van der Waals surface area contributed by atoms with Crippen molar-refractivity contribution in [2.24, 2.45) is 11.5 Å². The van der Waals surface area contributed by atoms with Crippen LogP contribution in [0.15, 0.2) is 30.5 Å². The second kappa shape index (κ2) is 13.6. The van der Waals surface area contributed by atoms with Gasteiger partial charge in [0, 0.05) is 42.9 Å². The predicted octanol–water partition coefficient (Wildman–Crippen LogP) is -0.787. The Kier molecular flexibility index (Phi) is 10.2. The topological polar surface area (TPSA) is 238 Å². The van der Waals surface area contributed by atoms with Crippen molar-refractivity contribution in [1.29, 1.82) is 0 Å². The predicted molar refractivity (Wildman–Crippen MR) is 142 cm³/mol. The van der Waals surface area contributed by atoms with Crippen LogP contribution in [0.2, 0.25) is 0 Å². The van der Waals surface area contributed by atoms with Gasteiger partial charge in [-0.2, -0.15) is 0 Å². The number of rotatable bonds is 14. The molecular weight excluding hydrogens is 524 g/mol. The summed E-state index contributed by atoms with van der Waals surface area (Å²) in [7, 11) is 0. The second-order valence-corrected chi connectivity index (χ2v) is 9.76. The van der Waals surface area contributed by atoms with Crippen LogP contribution >= 0.6 is 0 Å². The van der Waals surface area contributed by atoms with Crippen LogP contribution in [0.5, 0.6) is 0 Å². The molecule has 0 saturated carbocycles. The van der Waals surface area contributed by atoms with Crippen LogP contribution in [-0.2, 0) is 35.2 Å². The van der Waals surface area contributed by atoms with E-state index in [2.05, 4.69) is 15.6 Å². The number of nitrogens with zero attached hydrogens (tertiary/aromatic N) is 1. The van der Waals surface area contributed by atoms with Crippen molar-refractivity contribution in [3.63, 3.8) is 0 Å². The number of carboxylic acids is 2. The third kappa shape index (κ3) is 7.79. The maximum absolute atomic E-state index is 13.2. The molecule has 9 N–H and O–H groups in total.